The highest BCUT2D eigenvalue weighted by Crippen LogP contribution is 2.25. The lowest BCUT2D eigenvalue weighted by atomic mass is 9.93. The molecule has 1 aliphatic rings. The fourth-order valence-corrected chi connectivity index (χ4v) is 4.65. The molecule has 0 unspecified atom stereocenters. The number of ether oxygens (including phenoxy) is 1. The smallest absolute Gasteiger partial charge is 0.265 e. The summed E-state index contributed by atoms with van der Waals surface area (Å²) in [5.74, 6) is 1.28. The van der Waals surface area contributed by atoms with E-state index in [0.717, 1.165) is 59.2 Å². The average molecular weight is 416 g/mol. The van der Waals surface area contributed by atoms with Crippen LogP contribution in [0.5, 0.6) is 5.75 Å². The van der Waals surface area contributed by atoms with Gasteiger partial charge in [-0.2, -0.15) is 0 Å². The van der Waals surface area contributed by atoms with E-state index in [0.29, 0.717) is 18.9 Å². The molecule has 156 valence electrons. The first-order valence-electron chi connectivity index (χ1n) is 10.1. The molecule has 0 radical (unpaired) electrons. The van der Waals surface area contributed by atoms with Crippen molar-refractivity contribution in [2.75, 3.05) is 20.2 Å². The van der Waals surface area contributed by atoms with E-state index in [4.69, 9.17) is 4.74 Å². The molecule has 1 aromatic carbocycles. The second kappa shape index (κ2) is 9.87. The molecule has 3 rings (SSSR count). The zero-order chi connectivity index (χ0) is 20.8. The van der Waals surface area contributed by atoms with Crippen molar-refractivity contribution in [3.63, 3.8) is 0 Å². The van der Waals surface area contributed by atoms with Crippen LogP contribution in [0.15, 0.2) is 24.3 Å². The van der Waals surface area contributed by atoms with Crippen LogP contribution in [0.3, 0.4) is 0 Å². The molecule has 29 heavy (non-hydrogen) atoms. The van der Waals surface area contributed by atoms with Crippen molar-refractivity contribution in [2.24, 2.45) is 5.92 Å². The van der Waals surface area contributed by atoms with Crippen LogP contribution in [0.2, 0.25) is 0 Å². The topological polar surface area (TPSA) is 71.5 Å². The molecule has 0 bridgehead atoms. The molecule has 1 aliphatic heterocycles. The Morgan fingerprint density at radius 1 is 1.34 bits per heavy atom. The number of benzene rings is 1. The van der Waals surface area contributed by atoms with Crippen molar-refractivity contribution in [1.82, 2.24) is 15.2 Å². The first kappa shape index (κ1) is 21.3. The van der Waals surface area contributed by atoms with Gasteiger partial charge in [0.1, 0.15) is 10.6 Å². The summed E-state index contributed by atoms with van der Waals surface area (Å²) < 4.78 is 5.21. The Bertz CT molecular complexity index is 865. The number of likely N-dealkylation sites (tertiary alicyclic amines) is 1. The minimum atomic E-state index is 0.0465. The van der Waals surface area contributed by atoms with Gasteiger partial charge in [-0.15, -0.1) is 11.3 Å². The normalized spacial score (nSPS) is 16.5. The van der Waals surface area contributed by atoms with Gasteiger partial charge in [-0.3, -0.25) is 9.59 Å². The summed E-state index contributed by atoms with van der Waals surface area (Å²) in [5, 5.41) is 3.90. The Morgan fingerprint density at radius 3 is 2.90 bits per heavy atom. The quantitative estimate of drug-likeness (QED) is 0.748. The molecule has 1 atom stereocenters. The van der Waals surface area contributed by atoms with Crippen LogP contribution in [0, 0.1) is 19.8 Å². The highest BCUT2D eigenvalue weighted by Gasteiger charge is 2.27. The van der Waals surface area contributed by atoms with Crippen molar-refractivity contribution in [1.29, 1.82) is 0 Å². The Morgan fingerprint density at radius 2 is 2.17 bits per heavy atom. The average Bonchev–Trinajstić information content (AvgIpc) is 3.08. The maximum atomic E-state index is 12.8. The van der Waals surface area contributed by atoms with E-state index in [-0.39, 0.29) is 11.8 Å². The number of carbonyl (C=O) groups is 2. The summed E-state index contributed by atoms with van der Waals surface area (Å²) >= 11 is 1.47. The van der Waals surface area contributed by atoms with Crippen LogP contribution < -0.4 is 10.1 Å². The van der Waals surface area contributed by atoms with Gasteiger partial charge in [0.15, 0.2) is 0 Å². The van der Waals surface area contributed by atoms with Gasteiger partial charge in [-0.05, 0) is 56.7 Å². The Labute approximate surface area is 176 Å². The monoisotopic (exact) mass is 415 g/mol. The molecule has 0 spiro atoms. The number of amides is 2. The highest BCUT2D eigenvalue weighted by molar-refractivity contribution is 7.13. The molecule has 0 aliphatic carbocycles. The summed E-state index contributed by atoms with van der Waals surface area (Å²) in [5.41, 5.74) is 1.83. The van der Waals surface area contributed by atoms with E-state index < -0.39 is 0 Å². The molecule has 2 aromatic rings. The predicted molar refractivity (Wildman–Crippen MR) is 114 cm³/mol. The molecule has 1 aromatic heterocycles. The van der Waals surface area contributed by atoms with E-state index >= 15 is 0 Å². The van der Waals surface area contributed by atoms with Crippen LogP contribution in [-0.2, 0) is 11.3 Å². The fourth-order valence-electron chi connectivity index (χ4n) is 3.77. The van der Waals surface area contributed by atoms with E-state index in [1.54, 1.807) is 7.11 Å². The molecule has 1 saturated heterocycles. The number of nitrogens with one attached hydrogen (secondary N) is 1. The molecular formula is C22H29N3O3S. The number of carbonyl (C=O) groups excluding carboxylic acids is 2. The second-order valence-electron chi connectivity index (χ2n) is 7.57. The number of aromatic nitrogens is 1. The number of nitrogens with zero attached hydrogens (tertiary/aromatic N) is 2. The summed E-state index contributed by atoms with van der Waals surface area (Å²) in [4.78, 5) is 32.2. The maximum Gasteiger partial charge on any atom is 0.265 e. The molecular weight excluding hydrogens is 386 g/mol. The molecule has 2 heterocycles. The van der Waals surface area contributed by atoms with E-state index in [2.05, 4.69) is 10.3 Å². The van der Waals surface area contributed by atoms with Gasteiger partial charge in [0, 0.05) is 26.1 Å². The van der Waals surface area contributed by atoms with E-state index in [1.807, 2.05) is 43.0 Å². The number of rotatable bonds is 7. The van der Waals surface area contributed by atoms with Crippen LogP contribution in [0.4, 0.5) is 0 Å². The zero-order valence-corrected chi connectivity index (χ0v) is 18.2. The number of aryl methyl sites for hydroxylation is 2. The standard InChI is InChI=1S/C22H29N3O3S/c1-15-21(29-16(2)24-15)22(27)25-11-5-7-17(14-25)9-10-20(26)23-13-18-6-4-8-19(12-18)28-3/h4,6,8,12,17H,5,7,9-11,13-14H2,1-3H3,(H,23,26)/t17-/m1/s1. The first-order valence-corrected chi connectivity index (χ1v) is 10.9. The summed E-state index contributed by atoms with van der Waals surface area (Å²) in [7, 11) is 1.63. The third-order valence-electron chi connectivity index (χ3n) is 5.31. The van der Waals surface area contributed by atoms with Crippen LogP contribution in [0.1, 0.15) is 51.6 Å². The van der Waals surface area contributed by atoms with Gasteiger partial charge < -0.3 is 15.0 Å². The van der Waals surface area contributed by atoms with Gasteiger partial charge in [-0.25, -0.2) is 4.98 Å². The summed E-state index contributed by atoms with van der Waals surface area (Å²) in [6.07, 6.45) is 3.33. The molecule has 1 N–H and O–H groups in total. The van der Waals surface area contributed by atoms with Crippen molar-refractivity contribution in [3.05, 3.63) is 45.4 Å². The third kappa shape index (κ3) is 5.79. The number of piperidine rings is 1. The summed E-state index contributed by atoms with van der Waals surface area (Å²) in [6, 6.07) is 7.70. The minimum Gasteiger partial charge on any atom is -0.497 e. The van der Waals surface area contributed by atoms with Gasteiger partial charge in [-0.1, -0.05) is 12.1 Å². The Hall–Kier alpha value is -2.41. The minimum absolute atomic E-state index is 0.0465. The fraction of sp³-hybridized carbons (Fsp3) is 0.500. The van der Waals surface area contributed by atoms with Gasteiger partial charge in [0.05, 0.1) is 17.8 Å². The largest absolute Gasteiger partial charge is 0.497 e. The predicted octanol–water partition coefficient (Wildman–Crippen LogP) is 3.72. The van der Waals surface area contributed by atoms with Crippen molar-refractivity contribution in [3.8, 4) is 5.75 Å². The van der Waals surface area contributed by atoms with Gasteiger partial charge >= 0.3 is 0 Å². The molecule has 6 nitrogen and oxygen atoms in total. The Kier molecular flexibility index (Phi) is 7.25. The maximum absolute atomic E-state index is 12.8. The highest BCUT2D eigenvalue weighted by atomic mass is 32.1. The van der Waals surface area contributed by atoms with E-state index in [1.165, 1.54) is 11.3 Å². The molecule has 7 heteroatoms. The number of hydrogen-bond donors (Lipinski definition) is 1. The molecule has 0 saturated carbocycles. The summed E-state index contributed by atoms with van der Waals surface area (Å²) in [6.45, 7) is 5.82. The second-order valence-corrected chi connectivity index (χ2v) is 8.78. The molecule has 1 fully saturated rings. The third-order valence-corrected chi connectivity index (χ3v) is 6.37. The van der Waals surface area contributed by atoms with Gasteiger partial charge in [0.25, 0.3) is 5.91 Å². The van der Waals surface area contributed by atoms with Crippen molar-refractivity contribution >= 4 is 23.2 Å². The van der Waals surface area contributed by atoms with Crippen molar-refractivity contribution in [2.45, 2.75) is 46.1 Å². The molecule has 2 amide bonds. The van der Waals surface area contributed by atoms with Crippen LogP contribution in [-0.4, -0.2) is 41.9 Å². The van der Waals surface area contributed by atoms with Crippen molar-refractivity contribution < 1.29 is 14.3 Å². The Balaban J connectivity index is 1.46. The number of hydrogen-bond acceptors (Lipinski definition) is 5. The SMILES string of the molecule is COc1cccc(CNC(=O)CC[C@H]2CCCN(C(=O)c3sc(C)nc3C)C2)c1. The van der Waals surface area contributed by atoms with Crippen LogP contribution in [0.25, 0.3) is 0 Å². The van der Waals surface area contributed by atoms with E-state index in [9.17, 15) is 9.59 Å². The first-order chi connectivity index (χ1) is 14.0. The zero-order valence-electron chi connectivity index (χ0n) is 17.4. The van der Waals surface area contributed by atoms with Gasteiger partial charge in [0.2, 0.25) is 5.91 Å². The lowest BCUT2D eigenvalue weighted by Crippen LogP contribution is -2.40. The number of thiazole rings is 1. The van der Waals surface area contributed by atoms with Crippen LogP contribution >= 0.6 is 11.3 Å². The lowest BCUT2D eigenvalue weighted by molar-refractivity contribution is -0.121. The number of methoxy groups -OCH3 is 1. The lowest BCUT2D eigenvalue weighted by Gasteiger charge is -2.32.